The number of aliphatic hydroxyl groups is 2. The quantitative estimate of drug-likeness (QED) is 0.161. The van der Waals surface area contributed by atoms with Crippen LogP contribution in [0.4, 0.5) is 0 Å². The topological polar surface area (TPSA) is 190 Å². The fourth-order valence-corrected chi connectivity index (χ4v) is 0.441. The maximum atomic E-state index is 9.66. The summed E-state index contributed by atoms with van der Waals surface area (Å²) in [7, 11) is 0. The van der Waals surface area contributed by atoms with Crippen molar-refractivity contribution < 1.29 is 49.8 Å². The van der Waals surface area contributed by atoms with Crippen LogP contribution in [-0.2, 0) is 19.2 Å². The van der Waals surface area contributed by atoms with Crippen LogP contribution in [0, 0.1) is 0 Å². The highest BCUT2D eigenvalue weighted by Gasteiger charge is 2.11. The Labute approximate surface area is 125 Å². The molecule has 0 bridgehead atoms. The number of aliphatic carboxylic acids is 4. The minimum Gasteiger partial charge on any atom is -0.477 e. The van der Waals surface area contributed by atoms with Gasteiger partial charge >= 0.3 is 23.9 Å². The Hall–Kier alpha value is -2.72. The molecule has 0 aromatic heterocycles. The van der Waals surface area contributed by atoms with Gasteiger partial charge in [-0.15, -0.1) is 0 Å². The Morgan fingerprint density at radius 2 is 1.00 bits per heavy atom. The first-order chi connectivity index (χ1) is 9.88. The van der Waals surface area contributed by atoms with E-state index in [2.05, 4.69) is 13.2 Å². The van der Waals surface area contributed by atoms with Crippen molar-refractivity contribution in [1.29, 1.82) is 0 Å². The van der Waals surface area contributed by atoms with E-state index in [4.69, 9.17) is 30.6 Å². The molecule has 0 amide bonds. The number of hydrogen-bond acceptors (Lipinski definition) is 6. The van der Waals surface area contributed by atoms with Crippen molar-refractivity contribution in [3.05, 3.63) is 24.3 Å². The van der Waals surface area contributed by atoms with Gasteiger partial charge in [0, 0.05) is 0 Å². The van der Waals surface area contributed by atoms with Gasteiger partial charge in [-0.05, 0) is 6.42 Å². The minimum absolute atomic E-state index is 0.486. The summed E-state index contributed by atoms with van der Waals surface area (Å²) in [5, 5.41) is 47.7. The van der Waals surface area contributed by atoms with Crippen LogP contribution in [0.1, 0.15) is 19.8 Å². The molecule has 0 aromatic carbocycles. The van der Waals surface area contributed by atoms with Crippen molar-refractivity contribution in [2.45, 2.75) is 26.1 Å². The van der Waals surface area contributed by atoms with Gasteiger partial charge in [-0.25, -0.2) is 19.2 Å². The Kier molecular flexibility index (Phi) is 14.7. The van der Waals surface area contributed by atoms with Crippen molar-refractivity contribution in [2.75, 3.05) is 0 Å². The molecule has 6 N–H and O–H groups in total. The van der Waals surface area contributed by atoms with Crippen molar-refractivity contribution in [2.24, 2.45) is 0 Å². The largest absolute Gasteiger partial charge is 0.477 e. The Balaban J connectivity index is -0.000000249. The van der Waals surface area contributed by atoms with Gasteiger partial charge in [0.2, 0.25) is 0 Å². The van der Waals surface area contributed by atoms with Crippen LogP contribution in [-0.4, -0.2) is 60.8 Å². The number of carboxylic acid groups (broad SMARTS) is 4. The zero-order valence-corrected chi connectivity index (χ0v) is 11.7. The highest BCUT2D eigenvalue weighted by molar-refractivity contribution is 6.12. The van der Waals surface area contributed by atoms with E-state index in [1.165, 1.54) is 0 Å². The van der Waals surface area contributed by atoms with Crippen LogP contribution in [0.5, 0.6) is 0 Å². The molecule has 0 heterocycles. The summed E-state index contributed by atoms with van der Waals surface area (Å²) in [4.78, 5) is 38.6. The normalized spacial score (nSPS) is 8.55. The third kappa shape index (κ3) is 17.3. The molecule has 10 heteroatoms. The van der Waals surface area contributed by atoms with E-state index in [-0.39, 0.29) is 0 Å². The first-order valence-electron chi connectivity index (χ1n) is 5.55. The van der Waals surface area contributed by atoms with Crippen LogP contribution in [0.2, 0.25) is 0 Å². The average Bonchev–Trinajstić information content (AvgIpc) is 2.37. The van der Waals surface area contributed by atoms with Gasteiger partial charge < -0.3 is 30.6 Å². The van der Waals surface area contributed by atoms with Crippen molar-refractivity contribution in [3.63, 3.8) is 0 Å². The van der Waals surface area contributed by atoms with Gasteiger partial charge in [0.15, 0.2) is 6.29 Å². The van der Waals surface area contributed by atoms with E-state index >= 15 is 0 Å². The van der Waals surface area contributed by atoms with Crippen molar-refractivity contribution >= 4 is 23.9 Å². The second kappa shape index (κ2) is 13.3. The summed E-state index contributed by atoms with van der Waals surface area (Å²) in [5.41, 5.74) is -1.63. The number of carboxylic acids is 4. The van der Waals surface area contributed by atoms with E-state index in [1.54, 1.807) is 0 Å². The molecule has 0 aromatic rings. The van der Waals surface area contributed by atoms with E-state index in [1.807, 2.05) is 6.92 Å². The number of rotatable bonds is 6. The van der Waals surface area contributed by atoms with Crippen molar-refractivity contribution in [1.82, 2.24) is 0 Å². The SMILES string of the molecule is C=C(C(=O)O)C(=O)O.C=C(C(=O)O)C(=O)O.CCCC(O)O. The predicted octanol–water partition coefficient (Wildman–Crippen LogP) is -0.479. The van der Waals surface area contributed by atoms with Crippen LogP contribution >= 0.6 is 0 Å². The smallest absolute Gasteiger partial charge is 0.342 e. The third-order valence-corrected chi connectivity index (χ3v) is 1.58. The molecule has 0 unspecified atom stereocenters. The monoisotopic (exact) mass is 322 g/mol. The molecule has 22 heavy (non-hydrogen) atoms. The van der Waals surface area contributed by atoms with Crippen LogP contribution in [0.3, 0.4) is 0 Å². The summed E-state index contributed by atoms with van der Waals surface area (Å²) >= 11 is 0. The molecule has 0 saturated carbocycles. The van der Waals surface area contributed by atoms with Gasteiger partial charge in [0.25, 0.3) is 0 Å². The molecule has 0 aliphatic heterocycles. The van der Waals surface area contributed by atoms with E-state index in [9.17, 15) is 19.2 Å². The first-order valence-corrected chi connectivity index (χ1v) is 5.55. The molecule has 0 rings (SSSR count). The lowest BCUT2D eigenvalue weighted by molar-refractivity contribution is -0.142. The summed E-state index contributed by atoms with van der Waals surface area (Å²) in [6.45, 7) is 7.41. The third-order valence-electron chi connectivity index (χ3n) is 1.58. The fourth-order valence-electron chi connectivity index (χ4n) is 0.441. The van der Waals surface area contributed by atoms with Crippen LogP contribution in [0.15, 0.2) is 24.3 Å². The molecule has 0 saturated heterocycles. The van der Waals surface area contributed by atoms with Gasteiger partial charge in [-0.2, -0.15) is 0 Å². The zero-order chi connectivity index (χ0) is 18.5. The lowest BCUT2D eigenvalue weighted by Crippen LogP contribution is -2.08. The first kappa shape index (κ1) is 24.3. The molecule has 0 spiro atoms. The number of aliphatic hydroxyl groups excluding tert-OH is 1. The van der Waals surface area contributed by atoms with Crippen LogP contribution < -0.4 is 0 Å². The van der Waals surface area contributed by atoms with Gasteiger partial charge in [-0.3, -0.25) is 0 Å². The predicted molar refractivity (Wildman–Crippen MR) is 72.0 cm³/mol. The zero-order valence-electron chi connectivity index (χ0n) is 11.7. The Morgan fingerprint density at radius 1 is 0.773 bits per heavy atom. The lowest BCUT2D eigenvalue weighted by Gasteiger charge is -1.94. The summed E-state index contributed by atoms with van der Waals surface area (Å²) in [5.74, 6) is -6.01. The summed E-state index contributed by atoms with van der Waals surface area (Å²) in [6.07, 6.45) is 0.215. The standard InChI is InChI=1S/2C4H4O4.C4H10O2/c2*1-2(3(5)6)4(7)8;1-2-3-4(5)6/h2*1H2,(H,5,6)(H,7,8);4-6H,2-3H2,1H3. The highest BCUT2D eigenvalue weighted by atomic mass is 16.5. The number of carbonyl (C=O) groups is 4. The fraction of sp³-hybridized carbons (Fsp3) is 0.333. The molecule has 10 nitrogen and oxygen atoms in total. The van der Waals surface area contributed by atoms with Gasteiger partial charge in [-0.1, -0.05) is 26.5 Å². The molecule has 0 fully saturated rings. The summed E-state index contributed by atoms with van der Waals surface area (Å²) < 4.78 is 0. The Bertz CT molecular complexity index is 367. The average molecular weight is 322 g/mol. The molecule has 0 aliphatic carbocycles. The number of hydrogen-bond donors (Lipinski definition) is 6. The molecule has 0 radical (unpaired) electrons. The van der Waals surface area contributed by atoms with Crippen molar-refractivity contribution in [3.8, 4) is 0 Å². The maximum absolute atomic E-state index is 9.66. The molecule has 126 valence electrons. The van der Waals surface area contributed by atoms with E-state index in [0.29, 0.717) is 6.42 Å². The maximum Gasteiger partial charge on any atom is 0.342 e. The van der Waals surface area contributed by atoms with Crippen LogP contribution in [0.25, 0.3) is 0 Å². The molecule has 0 atom stereocenters. The highest BCUT2D eigenvalue weighted by Crippen LogP contribution is 1.88. The van der Waals surface area contributed by atoms with Gasteiger partial charge in [0.05, 0.1) is 0 Å². The molecular weight excluding hydrogens is 304 g/mol. The van der Waals surface area contributed by atoms with E-state index in [0.717, 1.165) is 6.42 Å². The second-order valence-electron chi connectivity index (χ2n) is 3.45. The summed E-state index contributed by atoms with van der Waals surface area (Å²) in [6, 6.07) is 0. The second-order valence-corrected chi connectivity index (χ2v) is 3.45. The minimum atomic E-state index is -1.50. The Morgan fingerprint density at radius 3 is 1.00 bits per heavy atom. The molecular formula is C12H18O10. The molecule has 0 aliphatic rings. The lowest BCUT2D eigenvalue weighted by atomic mass is 10.3. The van der Waals surface area contributed by atoms with E-state index < -0.39 is 41.3 Å². The van der Waals surface area contributed by atoms with Gasteiger partial charge in [0.1, 0.15) is 11.1 Å².